The molecule has 11 heteroatoms. The van der Waals surface area contributed by atoms with Gasteiger partial charge in [-0.15, -0.1) is 0 Å². The quantitative estimate of drug-likeness (QED) is 0.296. The molecule has 3 heterocycles. The van der Waals surface area contributed by atoms with Crippen LogP contribution in [0.4, 0.5) is 0 Å². The fraction of sp³-hybridized carbons (Fsp3) is 0.842. The van der Waals surface area contributed by atoms with Crippen LogP contribution >= 0.6 is 0 Å². The lowest BCUT2D eigenvalue weighted by atomic mass is 9.70. The first-order valence-corrected chi connectivity index (χ1v) is 18.7. The molecule has 17 atom stereocenters. The number of aliphatic hydroxyl groups excluding tert-OH is 1. The topological polar surface area (TPSA) is 131 Å². The number of cyclic esters (lactones) is 1. The maximum Gasteiger partial charge on any atom is 0.306 e. The SMILES string of the molecule is CN[C@H]1CC[C@H](O[C@H]2CCC[C@H](C)OC(=O)C[C@@H]3C(=C[C@@H]4[C@H]3C=C[C@@H]3C[C@@H](O[C@@H]5O[C@@H](C)[C@H](O)[C@@H](OC)[C@H]5OC)C[C@@H]43)C(=O)[C@@H]2C)O[C@@H]1C. The van der Waals surface area contributed by atoms with Crippen molar-refractivity contribution in [2.45, 2.75) is 147 Å². The number of methoxy groups -OCH3 is 2. The number of Topliss-reactive ketones (excluding diaryl/α,β-unsaturated/α-hetero) is 1. The Kier molecular flexibility index (Phi) is 12.0. The Labute approximate surface area is 291 Å². The van der Waals surface area contributed by atoms with E-state index in [0.29, 0.717) is 6.42 Å². The van der Waals surface area contributed by atoms with Crippen LogP contribution in [-0.4, -0.2) is 106 Å². The molecule has 0 radical (unpaired) electrons. The molecule has 0 unspecified atom stereocenters. The van der Waals surface area contributed by atoms with Crippen molar-refractivity contribution in [2.24, 2.45) is 35.5 Å². The average molecular weight is 690 g/mol. The number of rotatable bonds is 7. The minimum atomic E-state index is -0.822. The summed E-state index contributed by atoms with van der Waals surface area (Å²) >= 11 is 0. The normalized spacial score (nSPS) is 47.7. The molecule has 0 bridgehead atoms. The summed E-state index contributed by atoms with van der Waals surface area (Å²) in [4.78, 5) is 27.8. The van der Waals surface area contributed by atoms with E-state index in [1.807, 2.05) is 27.8 Å². The van der Waals surface area contributed by atoms with Gasteiger partial charge in [0.15, 0.2) is 18.4 Å². The number of likely N-dealkylation sites (N-methyl/N-ethyl adjacent to an activating group) is 1. The summed E-state index contributed by atoms with van der Waals surface area (Å²) in [5.41, 5.74) is 0.741. The lowest BCUT2D eigenvalue weighted by Crippen LogP contribution is -2.59. The van der Waals surface area contributed by atoms with Crippen LogP contribution in [0.25, 0.3) is 0 Å². The van der Waals surface area contributed by atoms with Crippen molar-refractivity contribution in [1.29, 1.82) is 0 Å². The largest absolute Gasteiger partial charge is 0.463 e. The molecule has 1 saturated carbocycles. The van der Waals surface area contributed by atoms with Crippen molar-refractivity contribution >= 4 is 11.8 Å². The Morgan fingerprint density at radius 2 is 1.65 bits per heavy atom. The molecule has 4 fully saturated rings. The number of carbonyl (C=O) groups excluding carboxylic acids is 2. The zero-order valence-electron chi connectivity index (χ0n) is 30.3. The van der Waals surface area contributed by atoms with E-state index in [1.54, 1.807) is 14.2 Å². The number of carbonyl (C=O) groups is 2. The molecule has 0 aromatic rings. The summed E-state index contributed by atoms with van der Waals surface area (Å²) in [6.07, 6.45) is 8.39. The Hall–Kier alpha value is -1.70. The molecule has 6 rings (SSSR count). The van der Waals surface area contributed by atoms with Crippen LogP contribution in [0.2, 0.25) is 0 Å². The van der Waals surface area contributed by atoms with Gasteiger partial charge >= 0.3 is 5.97 Å². The molecule has 2 N–H and O–H groups in total. The van der Waals surface area contributed by atoms with E-state index < -0.39 is 30.7 Å². The smallest absolute Gasteiger partial charge is 0.306 e. The van der Waals surface area contributed by atoms with E-state index >= 15 is 0 Å². The van der Waals surface area contributed by atoms with E-state index in [0.717, 1.165) is 44.1 Å². The first kappa shape index (κ1) is 37.1. The van der Waals surface area contributed by atoms with Crippen LogP contribution in [0.5, 0.6) is 0 Å². The van der Waals surface area contributed by atoms with Crippen LogP contribution in [0.1, 0.15) is 79.1 Å². The summed E-state index contributed by atoms with van der Waals surface area (Å²) < 4.78 is 42.7. The summed E-state index contributed by atoms with van der Waals surface area (Å²) in [5, 5.41) is 13.9. The second kappa shape index (κ2) is 15.9. The molecule has 3 aliphatic carbocycles. The second-order valence-corrected chi connectivity index (χ2v) is 15.4. The highest BCUT2D eigenvalue weighted by Gasteiger charge is 2.52. The van der Waals surface area contributed by atoms with E-state index in [-0.39, 0.29) is 90.4 Å². The van der Waals surface area contributed by atoms with Crippen molar-refractivity contribution < 1.29 is 47.9 Å². The maximum absolute atomic E-state index is 14.5. The van der Waals surface area contributed by atoms with Gasteiger partial charge in [0.25, 0.3) is 0 Å². The molecular weight excluding hydrogens is 630 g/mol. The molecule has 276 valence electrons. The minimum absolute atomic E-state index is 0.0193. The third kappa shape index (κ3) is 7.75. The van der Waals surface area contributed by atoms with Gasteiger partial charge in [-0.05, 0) is 102 Å². The van der Waals surface area contributed by atoms with Gasteiger partial charge in [0.2, 0.25) is 0 Å². The minimum Gasteiger partial charge on any atom is -0.463 e. The maximum atomic E-state index is 14.5. The van der Waals surface area contributed by atoms with Crippen molar-refractivity contribution in [3.8, 4) is 0 Å². The zero-order chi connectivity index (χ0) is 35.0. The van der Waals surface area contributed by atoms with Gasteiger partial charge in [0.05, 0.1) is 36.9 Å². The van der Waals surface area contributed by atoms with E-state index in [4.69, 9.17) is 33.2 Å². The van der Waals surface area contributed by atoms with Crippen LogP contribution in [0, 0.1) is 35.5 Å². The van der Waals surface area contributed by atoms with Gasteiger partial charge in [-0.25, -0.2) is 0 Å². The van der Waals surface area contributed by atoms with Crippen LogP contribution in [-0.2, 0) is 42.7 Å². The standard InChI is InChI=1S/C38H59NO10/c1-19-9-8-10-31(49-33-14-13-30(39-5)21(3)46-33)20(2)34(41)29-17-27-25(28(29)18-32(40)45-19)12-11-23-15-24(16-26(23)27)48-38-37(44-7)36(43-6)35(42)22(4)47-38/h11-12,17,19-28,30-31,33,35-39,42H,8-10,13-16,18H2,1-7H3/t19-,20+,21+,22-,23+,24+,25+,26+,27+,28-,30-,31-,33-,35-,36+,37+,38-/m0/s1. The van der Waals surface area contributed by atoms with Crippen molar-refractivity contribution in [3.63, 3.8) is 0 Å². The van der Waals surface area contributed by atoms with E-state index in [9.17, 15) is 14.7 Å². The Bertz CT molecular complexity index is 1220. The molecule has 49 heavy (non-hydrogen) atoms. The van der Waals surface area contributed by atoms with Gasteiger partial charge in [0, 0.05) is 32.1 Å². The Morgan fingerprint density at radius 1 is 0.878 bits per heavy atom. The van der Waals surface area contributed by atoms with E-state index in [1.165, 1.54) is 0 Å². The molecule has 0 aromatic heterocycles. The number of ether oxygens (including phenoxy) is 7. The van der Waals surface area contributed by atoms with Gasteiger partial charge in [-0.2, -0.15) is 0 Å². The fourth-order valence-corrected chi connectivity index (χ4v) is 9.61. The van der Waals surface area contributed by atoms with Crippen molar-refractivity contribution in [1.82, 2.24) is 5.32 Å². The fourth-order valence-electron chi connectivity index (χ4n) is 9.61. The molecule has 0 amide bonds. The molecule has 3 aliphatic heterocycles. The monoisotopic (exact) mass is 689 g/mol. The molecule has 6 aliphatic rings. The first-order chi connectivity index (χ1) is 23.5. The van der Waals surface area contributed by atoms with Gasteiger partial charge < -0.3 is 43.6 Å². The number of nitrogens with one attached hydrogen (secondary N) is 1. The summed E-state index contributed by atoms with van der Waals surface area (Å²) in [6, 6.07) is 0.284. The molecule has 0 spiro atoms. The number of ketones is 1. The lowest BCUT2D eigenvalue weighted by molar-refractivity contribution is -0.311. The highest BCUT2D eigenvalue weighted by molar-refractivity contribution is 5.99. The van der Waals surface area contributed by atoms with Crippen molar-refractivity contribution in [3.05, 3.63) is 23.8 Å². The van der Waals surface area contributed by atoms with E-state index in [2.05, 4.69) is 30.5 Å². The Morgan fingerprint density at radius 3 is 2.37 bits per heavy atom. The number of fused-ring (bicyclic) bond motifs is 5. The molecule has 3 saturated heterocycles. The number of allylic oxidation sites excluding steroid dienone is 4. The predicted octanol–water partition coefficient (Wildman–Crippen LogP) is 4.10. The van der Waals surface area contributed by atoms with Gasteiger partial charge in [-0.3, -0.25) is 9.59 Å². The average Bonchev–Trinajstić information content (AvgIpc) is 3.65. The predicted molar refractivity (Wildman–Crippen MR) is 180 cm³/mol. The number of hydrogen-bond acceptors (Lipinski definition) is 11. The lowest BCUT2D eigenvalue weighted by Gasteiger charge is -2.43. The highest BCUT2D eigenvalue weighted by atomic mass is 16.7. The Balaban J connectivity index is 1.20. The van der Waals surface area contributed by atoms with Gasteiger partial charge in [0.1, 0.15) is 18.3 Å². The summed E-state index contributed by atoms with van der Waals surface area (Å²) in [5.74, 6) is -0.133. The first-order valence-electron chi connectivity index (χ1n) is 18.7. The third-order valence-corrected chi connectivity index (χ3v) is 12.4. The highest BCUT2D eigenvalue weighted by Crippen LogP contribution is 2.54. The molecule has 11 nitrogen and oxygen atoms in total. The van der Waals surface area contributed by atoms with Crippen molar-refractivity contribution in [2.75, 3.05) is 21.3 Å². The molecule has 0 aromatic carbocycles. The van der Waals surface area contributed by atoms with Crippen LogP contribution < -0.4 is 5.32 Å². The van der Waals surface area contributed by atoms with Gasteiger partial charge in [-0.1, -0.05) is 25.2 Å². The number of aliphatic hydroxyl groups is 1. The van der Waals surface area contributed by atoms with Crippen LogP contribution in [0.3, 0.4) is 0 Å². The van der Waals surface area contributed by atoms with Crippen LogP contribution in [0.15, 0.2) is 23.8 Å². The molecular formula is C38H59NO10. The second-order valence-electron chi connectivity index (χ2n) is 15.4. The third-order valence-electron chi connectivity index (χ3n) is 12.4. The summed E-state index contributed by atoms with van der Waals surface area (Å²) in [6.45, 7) is 7.82. The number of esters is 1. The zero-order valence-corrected chi connectivity index (χ0v) is 30.3. The summed E-state index contributed by atoms with van der Waals surface area (Å²) in [7, 11) is 5.09. The number of hydrogen-bond donors (Lipinski definition) is 2.